The van der Waals surface area contributed by atoms with Gasteiger partial charge in [0.1, 0.15) is 0 Å². The van der Waals surface area contributed by atoms with Crippen LogP contribution in [0.15, 0.2) is 176 Å². The van der Waals surface area contributed by atoms with E-state index >= 15 is 0 Å². The molecule has 0 N–H and O–H groups in total. The van der Waals surface area contributed by atoms with Crippen molar-refractivity contribution in [2.24, 2.45) is 0 Å². The molecule has 236 valence electrons. The highest BCUT2D eigenvalue weighted by Gasteiger charge is 2.52. The first kappa shape index (κ1) is 28.2. The van der Waals surface area contributed by atoms with Crippen molar-refractivity contribution in [2.45, 2.75) is 5.41 Å². The van der Waals surface area contributed by atoms with Gasteiger partial charge in [-0.15, -0.1) is 0 Å². The molecule has 0 atom stereocenters. The van der Waals surface area contributed by atoms with Gasteiger partial charge in [-0.3, -0.25) is 0 Å². The molecule has 0 aliphatic heterocycles. The summed E-state index contributed by atoms with van der Waals surface area (Å²) in [6.07, 6.45) is 0. The van der Waals surface area contributed by atoms with Crippen LogP contribution >= 0.6 is 0 Å². The van der Waals surface area contributed by atoms with Gasteiger partial charge in [0.2, 0.25) is 0 Å². The van der Waals surface area contributed by atoms with Crippen molar-refractivity contribution >= 4 is 21.5 Å². The average molecular weight is 648 g/mol. The molecule has 0 bridgehead atoms. The summed E-state index contributed by atoms with van der Waals surface area (Å²) in [5, 5.41) is 4.80. The third kappa shape index (κ3) is 3.92. The van der Waals surface area contributed by atoms with E-state index in [0.717, 1.165) is 22.1 Å². The lowest BCUT2D eigenvalue weighted by molar-refractivity contribution is 0.795. The van der Waals surface area contributed by atoms with Crippen molar-refractivity contribution in [1.29, 1.82) is 0 Å². The highest BCUT2D eigenvalue weighted by molar-refractivity contribution is 6.12. The number of fused-ring (bicyclic) bond motifs is 13. The van der Waals surface area contributed by atoms with Crippen LogP contribution in [-0.4, -0.2) is 15.0 Å². The standard InChI is InChI=1S/C48H29N3/c1-3-15-30(16-4-1)45-49-46(31-17-5-2-6-18-31)51-47(50-45)38-29-43-44(37-24-10-9-21-34(37)38)39-27-32-19-7-8-20-33(32)28-42(39)48(43)40-25-13-11-22-35(40)36-23-12-14-26-41(36)48/h1-29H. The van der Waals surface area contributed by atoms with Crippen LogP contribution in [0.25, 0.3) is 78.0 Å². The van der Waals surface area contributed by atoms with Crippen molar-refractivity contribution in [3.05, 3.63) is 198 Å². The van der Waals surface area contributed by atoms with Gasteiger partial charge in [0.05, 0.1) is 5.41 Å². The maximum Gasteiger partial charge on any atom is 0.164 e. The Kier molecular flexibility index (Phi) is 5.88. The summed E-state index contributed by atoms with van der Waals surface area (Å²) in [5.74, 6) is 1.98. The quantitative estimate of drug-likeness (QED) is 0.192. The molecule has 3 heteroatoms. The number of benzene rings is 8. The van der Waals surface area contributed by atoms with Crippen molar-refractivity contribution in [2.75, 3.05) is 0 Å². The Balaban J connectivity index is 1.30. The fraction of sp³-hybridized carbons (Fsp3) is 0.0208. The maximum absolute atomic E-state index is 5.25. The van der Waals surface area contributed by atoms with Gasteiger partial charge in [0, 0.05) is 16.7 Å². The normalized spacial score (nSPS) is 13.3. The van der Waals surface area contributed by atoms with Crippen LogP contribution in [0.2, 0.25) is 0 Å². The summed E-state index contributed by atoms with van der Waals surface area (Å²) in [6, 6.07) is 63.2. The largest absolute Gasteiger partial charge is 0.208 e. The highest BCUT2D eigenvalue weighted by atomic mass is 15.0. The third-order valence-corrected chi connectivity index (χ3v) is 10.9. The van der Waals surface area contributed by atoms with Crippen LogP contribution in [0, 0.1) is 0 Å². The van der Waals surface area contributed by atoms with E-state index in [1.54, 1.807) is 0 Å². The number of hydrogen-bond donors (Lipinski definition) is 0. The van der Waals surface area contributed by atoms with Crippen LogP contribution in [0.5, 0.6) is 0 Å². The minimum Gasteiger partial charge on any atom is -0.208 e. The fourth-order valence-corrected chi connectivity index (χ4v) is 8.79. The molecule has 1 heterocycles. The van der Waals surface area contributed by atoms with E-state index < -0.39 is 5.41 Å². The molecule has 0 unspecified atom stereocenters. The third-order valence-electron chi connectivity index (χ3n) is 10.9. The van der Waals surface area contributed by atoms with Gasteiger partial charge in [0.15, 0.2) is 17.5 Å². The van der Waals surface area contributed by atoms with E-state index in [-0.39, 0.29) is 0 Å². The van der Waals surface area contributed by atoms with E-state index in [1.165, 1.54) is 60.7 Å². The average Bonchev–Trinajstić information content (AvgIpc) is 3.67. The molecule has 0 radical (unpaired) electrons. The number of rotatable bonds is 3. The van der Waals surface area contributed by atoms with Crippen LogP contribution in [0.3, 0.4) is 0 Å². The minimum absolute atomic E-state index is 0.516. The molecule has 11 rings (SSSR count). The first-order chi connectivity index (χ1) is 25.3. The number of aromatic nitrogens is 3. The summed E-state index contributed by atoms with van der Waals surface area (Å²) in [6.45, 7) is 0. The van der Waals surface area contributed by atoms with Gasteiger partial charge in [-0.25, -0.2) is 15.0 Å². The van der Waals surface area contributed by atoms with Crippen LogP contribution < -0.4 is 0 Å². The molecule has 51 heavy (non-hydrogen) atoms. The topological polar surface area (TPSA) is 38.7 Å². The summed E-state index contributed by atoms with van der Waals surface area (Å²) in [7, 11) is 0. The molecule has 0 saturated carbocycles. The van der Waals surface area contributed by atoms with E-state index in [9.17, 15) is 0 Å². The molecular formula is C48H29N3. The van der Waals surface area contributed by atoms with Crippen molar-refractivity contribution in [3.8, 4) is 56.4 Å². The Bertz CT molecular complexity index is 2750. The van der Waals surface area contributed by atoms with Gasteiger partial charge in [0.25, 0.3) is 0 Å². The van der Waals surface area contributed by atoms with Gasteiger partial charge >= 0.3 is 0 Å². The monoisotopic (exact) mass is 647 g/mol. The zero-order valence-electron chi connectivity index (χ0n) is 27.6. The summed E-state index contributed by atoms with van der Waals surface area (Å²) in [4.78, 5) is 15.5. The zero-order chi connectivity index (χ0) is 33.5. The smallest absolute Gasteiger partial charge is 0.164 e. The lowest BCUT2D eigenvalue weighted by Gasteiger charge is -2.31. The molecule has 3 nitrogen and oxygen atoms in total. The molecule has 1 aromatic heterocycles. The molecule has 0 saturated heterocycles. The van der Waals surface area contributed by atoms with Crippen LogP contribution in [0.4, 0.5) is 0 Å². The SMILES string of the molecule is c1ccc(-c2nc(-c3ccccc3)nc(-c3cc4c(c5ccccc35)-c3cc5ccccc5cc3C43c4ccccc4-c4ccccc43)n2)cc1. The van der Waals surface area contributed by atoms with Crippen LogP contribution in [0.1, 0.15) is 22.3 Å². The maximum atomic E-state index is 5.25. The van der Waals surface area contributed by atoms with Gasteiger partial charge in [-0.2, -0.15) is 0 Å². The molecule has 8 aromatic carbocycles. The highest BCUT2D eigenvalue weighted by Crippen LogP contribution is 2.64. The fourth-order valence-electron chi connectivity index (χ4n) is 8.79. The molecule has 9 aromatic rings. The predicted octanol–water partition coefficient (Wildman–Crippen LogP) is 11.5. The van der Waals surface area contributed by atoms with E-state index in [4.69, 9.17) is 15.0 Å². The summed E-state index contributed by atoms with van der Waals surface area (Å²) in [5.41, 5.74) is 12.7. The lowest BCUT2D eigenvalue weighted by Crippen LogP contribution is -2.26. The van der Waals surface area contributed by atoms with E-state index in [2.05, 4.69) is 140 Å². The number of nitrogens with zero attached hydrogens (tertiary/aromatic N) is 3. The Morgan fingerprint density at radius 2 is 0.804 bits per heavy atom. The van der Waals surface area contributed by atoms with E-state index in [1.807, 2.05) is 36.4 Å². The Hall–Kier alpha value is -6.71. The zero-order valence-corrected chi connectivity index (χ0v) is 27.6. The molecule has 0 fully saturated rings. The number of hydrogen-bond acceptors (Lipinski definition) is 3. The van der Waals surface area contributed by atoms with Gasteiger partial charge in [-0.05, 0) is 84.3 Å². The van der Waals surface area contributed by atoms with Crippen molar-refractivity contribution in [3.63, 3.8) is 0 Å². The Morgan fingerprint density at radius 1 is 0.314 bits per heavy atom. The van der Waals surface area contributed by atoms with E-state index in [0.29, 0.717) is 17.5 Å². The molecule has 2 aliphatic carbocycles. The van der Waals surface area contributed by atoms with Crippen molar-refractivity contribution < 1.29 is 0 Å². The van der Waals surface area contributed by atoms with Crippen LogP contribution in [-0.2, 0) is 5.41 Å². The molecule has 0 amide bonds. The minimum atomic E-state index is -0.516. The Morgan fingerprint density at radius 3 is 1.43 bits per heavy atom. The summed E-state index contributed by atoms with van der Waals surface area (Å²) >= 11 is 0. The summed E-state index contributed by atoms with van der Waals surface area (Å²) < 4.78 is 0. The second-order valence-corrected chi connectivity index (χ2v) is 13.5. The first-order valence-electron chi connectivity index (χ1n) is 17.5. The molecular weight excluding hydrogens is 619 g/mol. The molecule has 2 aliphatic rings. The second-order valence-electron chi connectivity index (χ2n) is 13.5. The van der Waals surface area contributed by atoms with Crippen molar-refractivity contribution in [1.82, 2.24) is 15.0 Å². The molecule has 1 spiro atoms. The first-order valence-corrected chi connectivity index (χ1v) is 17.5. The second kappa shape index (κ2) is 10.6. The van der Waals surface area contributed by atoms with Gasteiger partial charge < -0.3 is 0 Å². The Labute approximate surface area is 295 Å². The lowest BCUT2D eigenvalue weighted by atomic mass is 9.70. The van der Waals surface area contributed by atoms with Gasteiger partial charge in [-0.1, -0.05) is 158 Å². The predicted molar refractivity (Wildman–Crippen MR) is 207 cm³/mol.